The predicted octanol–water partition coefficient (Wildman–Crippen LogP) is 1.90. The Morgan fingerprint density at radius 1 is 1.16 bits per heavy atom. The van der Waals surface area contributed by atoms with Crippen LogP contribution in [0.25, 0.3) is 0 Å². The van der Waals surface area contributed by atoms with Crippen molar-refractivity contribution in [2.75, 3.05) is 32.8 Å². The lowest BCUT2D eigenvalue weighted by molar-refractivity contribution is 0.238. The molecule has 0 spiro atoms. The standard InChI is InChI=1S/C16H21NO2/c18-13-4-1-5-15-6-8-16(9-7-15)19-14-12-17-10-2-3-11-17/h6-9,18H,2-4,10-14H2. The van der Waals surface area contributed by atoms with Gasteiger partial charge in [-0.05, 0) is 50.2 Å². The van der Waals surface area contributed by atoms with Crippen molar-refractivity contribution in [3.63, 3.8) is 0 Å². The number of likely N-dealkylation sites (tertiary alicyclic amines) is 1. The summed E-state index contributed by atoms with van der Waals surface area (Å²) in [5.41, 5.74) is 0.959. The molecule has 1 N–H and O–H groups in total. The second-order valence-corrected chi connectivity index (χ2v) is 4.70. The van der Waals surface area contributed by atoms with Crippen LogP contribution in [-0.2, 0) is 0 Å². The van der Waals surface area contributed by atoms with Crippen LogP contribution in [0, 0.1) is 11.8 Å². The first-order valence-corrected chi connectivity index (χ1v) is 6.93. The van der Waals surface area contributed by atoms with Gasteiger partial charge in [0.15, 0.2) is 0 Å². The monoisotopic (exact) mass is 259 g/mol. The number of hydrogen-bond donors (Lipinski definition) is 1. The van der Waals surface area contributed by atoms with Gasteiger partial charge in [0.25, 0.3) is 0 Å². The second kappa shape index (κ2) is 7.83. The van der Waals surface area contributed by atoms with E-state index < -0.39 is 0 Å². The number of hydrogen-bond acceptors (Lipinski definition) is 3. The zero-order valence-electron chi connectivity index (χ0n) is 11.3. The van der Waals surface area contributed by atoms with E-state index in [4.69, 9.17) is 9.84 Å². The minimum Gasteiger partial charge on any atom is -0.492 e. The Balaban J connectivity index is 1.73. The van der Waals surface area contributed by atoms with E-state index in [-0.39, 0.29) is 6.61 Å². The maximum Gasteiger partial charge on any atom is 0.119 e. The van der Waals surface area contributed by atoms with Gasteiger partial charge in [-0.15, -0.1) is 0 Å². The van der Waals surface area contributed by atoms with Gasteiger partial charge >= 0.3 is 0 Å². The number of aliphatic hydroxyl groups excluding tert-OH is 1. The summed E-state index contributed by atoms with van der Waals surface area (Å²) in [6.45, 7) is 4.30. The third-order valence-electron chi connectivity index (χ3n) is 3.20. The van der Waals surface area contributed by atoms with Crippen LogP contribution in [0.5, 0.6) is 5.75 Å². The molecule has 1 aromatic carbocycles. The number of aliphatic hydroxyl groups is 1. The van der Waals surface area contributed by atoms with E-state index in [0.717, 1.165) is 24.5 Å². The van der Waals surface area contributed by atoms with Gasteiger partial charge in [0.1, 0.15) is 12.4 Å². The third-order valence-corrected chi connectivity index (χ3v) is 3.20. The summed E-state index contributed by atoms with van der Waals surface area (Å²) < 4.78 is 5.72. The largest absolute Gasteiger partial charge is 0.492 e. The van der Waals surface area contributed by atoms with Crippen molar-refractivity contribution in [3.05, 3.63) is 29.8 Å². The van der Waals surface area contributed by atoms with E-state index in [9.17, 15) is 0 Å². The summed E-state index contributed by atoms with van der Waals surface area (Å²) in [6.07, 6.45) is 3.16. The maximum absolute atomic E-state index is 8.65. The first-order chi connectivity index (χ1) is 9.38. The van der Waals surface area contributed by atoms with Crippen LogP contribution in [0.4, 0.5) is 0 Å². The van der Waals surface area contributed by atoms with Crippen molar-refractivity contribution in [2.24, 2.45) is 0 Å². The van der Waals surface area contributed by atoms with E-state index in [1.54, 1.807) is 0 Å². The van der Waals surface area contributed by atoms with Crippen molar-refractivity contribution in [3.8, 4) is 17.6 Å². The molecule has 1 heterocycles. The molecule has 0 aliphatic carbocycles. The van der Waals surface area contributed by atoms with Gasteiger partial charge in [0.2, 0.25) is 0 Å². The molecule has 0 bridgehead atoms. The molecule has 0 saturated carbocycles. The van der Waals surface area contributed by atoms with Gasteiger partial charge in [-0.3, -0.25) is 4.90 Å². The Labute approximate surface area is 115 Å². The molecule has 0 radical (unpaired) electrons. The maximum atomic E-state index is 8.65. The smallest absolute Gasteiger partial charge is 0.119 e. The number of benzene rings is 1. The average molecular weight is 259 g/mol. The molecule has 1 fully saturated rings. The topological polar surface area (TPSA) is 32.7 Å². The quantitative estimate of drug-likeness (QED) is 0.820. The molecule has 19 heavy (non-hydrogen) atoms. The van der Waals surface area contributed by atoms with Crippen LogP contribution < -0.4 is 4.74 Å². The SMILES string of the molecule is OCCC#Cc1ccc(OCCN2CCCC2)cc1. The molecule has 1 aliphatic heterocycles. The molecule has 0 aromatic heterocycles. The van der Waals surface area contributed by atoms with Gasteiger partial charge in [-0.2, -0.15) is 0 Å². The normalized spacial score (nSPS) is 15.0. The van der Waals surface area contributed by atoms with Crippen LogP contribution in [0.15, 0.2) is 24.3 Å². The fourth-order valence-electron chi connectivity index (χ4n) is 2.15. The van der Waals surface area contributed by atoms with Gasteiger partial charge < -0.3 is 9.84 Å². The Bertz CT molecular complexity index is 424. The average Bonchev–Trinajstić information content (AvgIpc) is 2.94. The Morgan fingerprint density at radius 3 is 2.58 bits per heavy atom. The van der Waals surface area contributed by atoms with Gasteiger partial charge in [0, 0.05) is 18.5 Å². The van der Waals surface area contributed by atoms with Gasteiger partial charge in [0.05, 0.1) is 6.61 Å². The first-order valence-electron chi connectivity index (χ1n) is 6.93. The van der Waals surface area contributed by atoms with E-state index in [2.05, 4.69) is 16.7 Å². The van der Waals surface area contributed by atoms with Gasteiger partial charge in [-0.25, -0.2) is 0 Å². The van der Waals surface area contributed by atoms with Crippen LogP contribution in [-0.4, -0.2) is 42.9 Å². The highest BCUT2D eigenvalue weighted by atomic mass is 16.5. The Morgan fingerprint density at radius 2 is 1.89 bits per heavy atom. The summed E-state index contributed by atoms with van der Waals surface area (Å²) >= 11 is 0. The van der Waals surface area contributed by atoms with Crippen LogP contribution >= 0.6 is 0 Å². The molecular weight excluding hydrogens is 238 g/mol. The summed E-state index contributed by atoms with van der Waals surface area (Å²) in [6, 6.07) is 7.81. The molecule has 1 aromatic rings. The van der Waals surface area contributed by atoms with Crippen molar-refractivity contribution in [1.29, 1.82) is 0 Å². The molecule has 1 aliphatic rings. The highest BCUT2D eigenvalue weighted by Crippen LogP contribution is 2.12. The number of rotatable bonds is 5. The van der Waals surface area contributed by atoms with E-state index in [0.29, 0.717) is 6.42 Å². The first kappa shape index (κ1) is 13.9. The van der Waals surface area contributed by atoms with Crippen LogP contribution in [0.1, 0.15) is 24.8 Å². The Kier molecular flexibility index (Phi) is 5.74. The fraction of sp³-hybridized carbons (Fsp3) is 0.500. The molecule has 0 amide bonds. The molecule has 102 valence electrons. The van der Waals surface area contributed by atoms with Crippen molar-refractivity contribution in [2.45, 2.75) is 19.3 Å². The minimum atomic E-state index is 0.116. The molecule has 3 heteroatoms. The lowest BCUT2D eigenvalue weighted by atomic mass is 10.2. The molecule has 3 nitrogen and oxygen atoms in total. The van der Waals surface area contributed by atoms with E-state index >= 15 is 0 Å². The molecule has 2 rings (SSSR count). The predicted molar refractivity (Wildman–Crippen MR) is 76.2 cm³/mol. The van der Waals surface area contributed by atoms with E-state index in [1.165, 1.54) is 25.9 Å². The zero-order chi connectivity index (χ0) is 13.3. The lowest BCUT2D eigenvalue weighted by Crippen LogP contribution is -2.25. The summed E-state index contributed by atoms with van der Waals surface area (Å²) in [4.78, 5) is 2.44. The summed E-state index contributed by atoms with van der Waals surface area (Å²) in [5, 5.41) is 8.65. The van der Waals surface area contributed by atoms with Crippen molar-refractivity contribution >= 4 is 0 Å². The lowest BCUT2D eigenvalue weighted by Gasteiger charge is -2.14. The fourth-order valence-corrected chi connectivity index (χ4v) is 2.15. The summed E-state index contributed by atoms with van der Waals surface area (Å²) in [5.74, 6) is 6.80. The van der Waals surface area contributed by atoms with Crippen molar-refractivity contribution in [1.82, 2.24) is 4.90 Å². The number of nitrogens with zero attached hydrogens (tertiary/aromatic N) is 1. The molecular formula is C16H21NO2. The van der Waals surface area contributed by atoms with Crippen molar-refractivity contribution < 1.29 is 9.84 Å². The number of ether oxygens (including phenoxy) is 1. The van der Waals surface area contributed by atoms with Gasteiger partial charge in [-0.1, -0.05) is 11.8 Å². The van der Waals surface area contributed by atoms with Crippen LogP contribution in [0.2, 0.25) is 0 Å². The Hall–Kier alpha value is -1.50. The minimum absolute atomic E-state index is 0.116. The second-order valence-electron chi connectivity index (χ2n) is 4.70. The highest BCUT2D eigenvalue weighted by Gasteiger charge is 2.10. The summed E-state index contributed by atoms with van der Waals surface area (Å²) in [7, 11) is 0. The van der Waals surface area contributed by atoms with E-state index in [1.807, 2.05) is 24.3 Å². The molecule has 1 saturated heterocycles. The van der Waals surface area contributed by atoms with Crippen LogP contribution in [0.3, 0.4) is 0 Å². The molecule has 0 atom stereocenters. The molecule has 0 unspecified atom stereocenters. The highest BCUT2D eigenvalue weighted by molar-refractivity contribution is 5.38. The zero-order valence-corrected chi connectivity index (χ0v) is 11.3. The third kappa shape index (κ3) is 4.94.